The molecule has 1 atom stereocenters. The Morgan fingerprint density at radius 2 is 2.00 bits per heavy atom. The zero-order valence-corrected chi connectivity index (χ0v) is 19.6. The van der Waals surface area contributed by atoms with Crippen molar-refractivity contribution in [1.82, 2.24) is 25.5 Å². The van der Waals surface area contributed by atoms with E-state index in [1.807, 2.05) is 20.8 Å². The van der Waals surface area contributed by atoms with Gasteiger partial charge in [-0.1, -0.05) is 0 Å². The third kappa shape index (κ3) is 4.89. The lowest BCUT2D eigenvalue weighted by molar-refractivity contribution is -0.124. The summed E-state index contributed by atoms with van der Waals surface area (Å²) in [7, 11) is 0. The molecule has 3 heterocycles. The van der Waals surface area contributed by atoms with Crippen molar-refractivity contribution < 1.29 is 14.0 Å². The van der Waals surface area contributed by atoms with Gasteiger partial charge in [0.25, 0.3) is 5.91 Å². The van der Waals surface area contributed by atoms with E-state index in [-0.39, 0.29) is 11.6 Å². The number of hydrogen-bond donors (Lipinski definition) is 2. The standard InChI is InChI=1S/C24H22N6O3S/c1-5-20-27-18(13-34-20)23(32)30(16-8-6-15(7-9-16)19-12-25-14-33-19)21(17-10-11-26-29-17)22(31)28-24(2,3)4/h1,6-14,21H,2-4H3,(H,26,29)(H,28,31). The molecule has 2 N–H and O–H groups in total. The molecule has 1 aromatic carbocycles. The Labute approximate surface area is 200 Å². The summed E-state index contributed by atoms with van der Waals surface area (Å²) < 4.78 is 5.35. The van der Waals surface area contributed by atoms with Gasteiger partial charge in [0.15, 0.2) is 23.2 Å². The molecular formula is C24H22N6O3S. The van der Waals surface area contributed by atoms with E-state index in [1.54, 1.807) is 48.1 Å². The van der Waals surface area contributed by atoms with E-state index in [4.69, 9.17) is 10.8 Å². The second kappa shape index (κ2) is 9.33. The molecule has 4 rings (SSSR count). The second-order valence-corrected chi connectivity index (χ2v) is 9.27. The SMILES string of the molecule is C#Cc1nc(C(=O)N(c2ccc(-c3cnco3)cc2)C(C(=O)NC(C)(C)C)c2cc[nH]n2)cs1. The monoisotopic (exact) mass is 474 g/mol. The normalized spacial score (nSPS) is 12.1. The third-order valence-electron chi connectivity index (χ3n) is 4.74. The molecule has 0 spiro atoms. The number of aromatic amines is 1. The number of terminal acetylenes is 1. The van der Waals surface area contributed by atoms with Gasteiger partial charge in [0.2, 0.25) is 5.91 Å². The first-order chi connectivity index (χ1) is 16.3. The van der Waals surface area contributed by atoms with Crippen LogP contribution in [0, 0.1) is 12.3 Å². The van der Waals surface area contributed by atoms with E-state index in [2.05, 4.69) is 31.4 Å². The molecule has 0 saturated heterocycles. The van der Waals surface area contributed by atoms with Crippen LogP contribution in [-0.4, -0.2) is 37.5 Å². The van der Waals surface area contributed by atoms with E-state index in [0.717, 1.165) is 5.56 Å². The average molecular weight is 475 g/mol. The van der Waals surface area contributed by atoms with Gasteiger partial charge in [0, 0.05) is 28.4 Å². The van der Waals surface area contributed by atoms with Gasteiger partial charge >= 0.3 is 0 Å². The number of carbonyl (C=O) groups excluding carboxylic acids is 2. The number of nitrogens with one attached hydrogen (secondary N) is 2. The Balaban J connectivity index is 1.82. The van der Waals surface area contributed by atoms with Gasteiger partial charge in [0.05, 0.1) is 11.9 Å². The largest absolute Gasteiger partial charge is 0.444 e. The molecule has 4 aromatic rings. The molecule has 34 heavy (non-hydrogen) atoms. The van der Waals surface area contributed by atoms with Crippen LogP contribution in [0.15, 0.2) is 58.9 Å². The summed E-state index contributed by atoms with van der Waals surface area (Å²) in [5.74, 6) is 2.15. The lowest BCUT2D eigenvalue weighted by Crippen LogP contribution is -2.49. The van der Waals surface area contributed by atoms with Gasteiger partial charge in [-0.3, -0.25) is 19.6 Å². The highest BCUT2D eigenvalue weighted by Gasteiger charge is 2.37. The predicted molar refractivity (Wildman–Crippen MR) is 128 cm³/mol. The van der Waals surface area contributed by atoms with Gasteiger partial charge in [-0.15, -0.1) is 17.8 Å². The number of hydrogen-bond acceptors (Lipinski definition) is 7. The second-order valence-electron chi connectivity index (χ2n) is 8.41. The van der Waals surface area contributed by atoms with Crippen molar-refractivity contribution in [3.8, 4) is 23.7 Å². The number of nitrogens with zero attached hydrogens (tertiary/aromatic N) is 4. The molecule has 0 fully saturated rings. The lowest BCUT2D eigenvalue weighted by Gasteiger charge is -2.32. The molecule has 0 saturated carbocycles. The van der Waals surface area contributed by atoms with Crippen LogP contribution in [0.3, 0.4) is 0 Å². The molecule has 0 bridgehead atoms. The highest BCUT2D eigenvalue weighted by Crippen LogP contribution is 2.31. The molecule has 1 unspecified atom stereocenters. The molecule has 172 valence electrons. The summed E-state index contributed by atoms with van der Waals surface area (Å²) in [5, 5.41) is 11.9. The number of oxazole rings is 1. The number of benzene rings is 1. The first-order valence-electron chi connectivity index (χ1n) is 10.3. The lowest BCUT2D eigenvalue weighted by atomic mass is 10.0. The molecule has 0 aliphatic carbocycles. The van der Waals surface area contributed by atoms with Crippen molar-refractivity contribution in [2.75, 3.05) is 4.90 Å². The average Bonchev–Trinajstić information content (AvgIpc) is 3.58. The number of H-pyrrole nitrogens is 1. The zero-order chi connectivity index (χ0) is 24.3. The van der Waals surface area contributed by atoms with Crippen LogP contribution in [0.5, 0.6) is 0 Å². The van der Waals surface area contributed by atoms with Crippen LogP contribution in [0.1, 0.15) is 48.0 Å². The summed E-state index contributed by atoms with van der Waals surface area (Å²) in [5.41, 5.74) is 1.23. The van der Waals surface area contributed by atoms with Gasteiger partial charge in [-0.2, -0.15) is 5.10 Å². The number of carbonyl (C=O) groups is 2. The Bertz CT molecular complexity index is 1310. The maximum absolute atomic E-state index is 13.7. The van der Waals surface area contributed by atoms with E-state index < -0.39 is 17.5 Å². The number of anilines is 1. The number of amides is 2. The quantitative estimate of drug-likeness (QED) is 0.411. The molecule has 10 heteroatoms. The van der Waals surface area contributed by atoms with E-state index in [9.17, 15) is 9.59 Å². The fourth-order valence-corrected chi connectivity index (χ4v) is 3.93. The van der Waals surface area contributed by atoms with Crippen molar-refractivity contribution >= 4 is 28.8 Å². The molecule has 9 nitrogen and oxygen atoms in total. The van der Waals surface area contributed by atoms with Crippen LogP contribution in [0.4, 0.5) is 5.69 Å². The topological polar surface area (TPSA) is 117 Å². The first kappa shape index (κ1) is 22.9. The minimum Gasteiger partial charge on any atom is -0.444 e. The van der Waals surface area contributed by atoms with Gasteiger partial charge < -0.3 is 9.73 Å². The van der Waals surface area contributed by atoms with Gasteiger partial charge in [-0.25, -0.2) is 9.97 Å². The highest BCUT2D eigenvalue weighted by atomic mass is 32.1. The smallest absolute Gasteiger partial charge is 0.278 e. The van der Waals surface area contributed by atoms with Gasteiger partial charge in [0.1, 0.15) is 5.69 Å². The van der Waals surface area contributed by atoms with Crippen molar-refractivity contribution in [2.24, 2.45) is 0 Å². The van der Waals surface area contributed by atoms with Crippen molar-refractivity contribution in [3.05, 3.63) is 70.9 Å². The van der Waals surface area contributed by atoms with E-state index in [0.29, 0.717) is 22.1 Å². The summed E-state index contributed by atoms with van der Waals surface area (Å²) in [6.07, 6.45) is 9.98. The number of thiazole rings is 1. The van der Waals surface area contributed by atoms with Crippen LogP contribution >= 0.6 is 11.3 Å². The highest BCUT2D eigenvalue weighted by molar-refractivity contribution is 7.10. The Morgan fingerprint density at radius 1 is 1.24 bits per heavy atom. The summed E-state index contributed by atoms with van der Waals surface area (Å²) in [6.45, 7) is 5.60. The molecular weight excluding hydrogens is 452 g/mol. The maximum atomic E-state index is 13.7. The number of rotatable bonds is 6. The molecule has 0 aliphatic rings. The first-order valence-corrected chi connectivity index (χ1v) is 11.2. The molecule has 2 amide bonds. The van der Waals surface area contributed by atoms with Crippen molar-refractivity contribution in [1.29, 1.82) is 0 Å². The van der Waals surface area contributed by atoms with Crippen LogP contribution in [0.25, 0.3) is 11.3 Å². The Kier molecular flexibility index (Phi) is 6.30. The van der Waals surface area contributed by atoms with Crippen molar-refractivity contribution in [2.45, 2.75) is 32.4 Å². The summed E-state index contributed by atoms with van der Waals surface area (Å²) >= 11 is 1.18. The minimum absolute atomic E-state index is 0.140. The zero-order valence-electron chi connectivity index (χ0n) is 18.8. The fourth-order valence-electron chi connectivity index (χ4n) is 3.34. The van der Waals surface area contributed by atoms with E-state index in [1.165, 1.54) is 22.6 Å². The Morgan fingerprint density at radius 3 is 2.56 bits per heavy atom. The van der Waals surface area contributed by atoms with Crippen LogP contribution < -0.4 is 10.2 Å². The van der Waals surface area contributed by atoms with E-state index >= 15 is 0 Å². The molecule has 0 radical (unpaired) electrons. The Hall–Kier alpha value is -4.23. The van der Waals surface area contributed by atoms with Crippen LogP contribution in [0.2, 0.25) is 0 Å². The van der Waals surface area contributed by atoms with Gasteiger partial charge in [-0.05, 0) is 57.0 Å². The number of aromatic nitrogens is 4. The van der Waals surface area contributed by atoms with Crippen LogP contribution in [-0.2, 0) is 4.79 Å². The summed E-state index contributed by atoms with van der Waals surface area (Å²) in [6, 6.07) is 7.62. The van der Waals surface area contributed by atoms with Crippen molar-refractivity contribution in [3.63, 3.8) is 0 Å². The maximum Gasteiger partial charge on any atom is 0.278 e. The predicted octanol–water partition coefficient (Wildman–Crippen LogP) is 3.81. The summed E-state index contributed by atoms with van der Waals surface area (Å²) in [4.78, 5) is 36.8. The minimum atomic E-state index is -1.06. The molecule has 0 aliphatic heterocycles. The molecule has 3 aromatic heterocycles. The fraction of sp³-hybridized carbons (Fsp3) is 0.208. The third-order valence-corrected chi connectivity index (χ3v) is 5.51.